The molecule has 18 N–H and O–H groups in total. The van der Waals surface area contributed by atoms with Gasteiger partial charge in [0.25, 0.3) is 0 Å². The molecule has 20 heteroatoms. The molecule has 18 atom stereocenters. The lowest BCUT2D eigenvalue weighted by Gasteiger charge is -2.44. The summed E-state index contributed by atoms with van der Waals surface area (Å²) in [6.45, 7) is -0.186. The van der Waals surface area contributed by atoms with E-state index in [4.69, 9.17) is 41.9 Å². The smallest absolute Gasteiger partial charge is 0.220 e. The fourth-order valence-electron chi connectivity index (χ4n) is 6.69. The molecule has 20 nitrogen and oxygen atoms in total. The van der Waals surface area contributed by atoms with Gasteiger partial charge in [-0.05, 0) is 12.8 Å². The van der Waals surface area contributed by atoms with Gasteiger partial charge in [-0.2, -0.15) is 0 Å². The van der Waals surface area contributed by atoms with Gasteiger partial charge in [-0.1, -0.05) is 0 Å². The summed E-state index contributed by atoms with van der Waals surface area (Å²) in [4.78, 5) is 25.3. The minimum Gasteiger partial charge on any atom is -0.390 e. The topological polar surface area (TPSA) is 361 Å². The van der Waals surface area contributed by atoms with Gasteiger partial charge in [-0.25, -0.2) is 0 Å². The molecule has 4 rings (SSSR count). The highest BCUT2D eigenvalue weighted by molar-refractivity contribution is 5.84. The molecular formula is C28H52N6O14. The van der Waals surface area contributed by atoms with Crippen LogP contribution in [0.2, 0.25) is 0 Å². The molecule has 0 spiro atoms. The fraction of sp³-hybridized carbons (Fsp3) is 0.929. The van der Waals surface area contributed by atoms with Crippen LogP contribution in [0, 0.1) is 0 Å². The summed E-state index contributed by atoms with van der Waals surface area (Å²) in [7, 11) is 0. The fourth-order valence-corrected chi connectivity index (χ4v) is 6.69. The van der Waals surface area contributed by atoms with E-state index in [1.54, 1.807) is 0 Å². The van der Waals surface area contributed by atoms with Gasteiger partial charge >= 0.3 is 0 Å². The Morgan fingerprint density at radius 2 is 0.938 bits per heavy atom. The molecule has 4 fully saturated rings. The monoisotopic (exact) mass is 696 g/mol. The van der Waals surface area contributed by atoms with Crippen molar-refractivity contribution in [2.75, 3.05) is 13.1 Å². The molecule has 278 valence electrons. The molecule has 0 unspecified atom stereocenters. The molecule has 0 aromatic rings. The number of hydrogen-bond acceptors (Lipinski definition) is 18. The first-order chi connectivity index (χ1) is 22.6. The van der Waals surface area contributed by atoms with Crippen LogP contribution in [0.1, 0.15) is 38.5 Å². The summed E-state index contributed by atoms with van der Waals surface area (Å²) in [5, 5.41) is 88.1. The van der Waals surface area contributed by atoms with Gasteiger partial charge in [0.1, 0.15) is 61.0 Å². The number of hydrogen-bond donors (Lipinski definition) is 14. The van der Waals surface area contributed by atoms with E-state index < -0.39 is 122 Å². The highest BCUT2D eigenvalue weighted by atomic mass is 16.7. The first-order valence-electron chi connectivity index (χ1n) is 16.2. The molecule has 2 aliphatic heterocycles. The highest BCUT2D eigenvalue weighted by Gasteiger charge is 2.48. The average Bonchev–Trinajstić information content (AvgIpc) is 3.04. The predicted octanol–water partition coefficient (Wildman–Crippen LogP) is -8.00. The molecule has 0 aromatic heterocycles. The van der Waals surface area contributed by atoms with Crippen molar-refractivity contribution in [1.82, 2.24) is 10.6 Å². The number of aliphatic hydroxyl groups is 8. The maximum atomic E-state index is 12.7. The SMILES string of the molecule is NC[C@H]1O[C@H](O[C@H]2[C@H](O)[C@@H](O)[C@H](NC(=O)CCC(=O)N[C@@H]3C[C@H](N)[C@@H](O[C@@H]4C[C@@H](O)[C@H](O)[C@@H](CN)O4)[C@H](O)[C@H]3O)C[C@@H]2N)C[C@@H](O)[C@@H]1O. The first-order valence-corrected chi connectivity index (χ1v) is 16.2. The zero-order valence-electron chi connectivity index (χ0n) is 26.4. The maximum absolute atomic E-state index is 12.7. The third kappa shape index (κ3) is 9.15. The van der Waals surface area contributed by atoms with Crippen molar-refractivity contribution in [1.29, 1.82) is 0 Å². The number of aliphatic hydroxyl groups excluding tert-OH is 8. The minimum absolute atomic E-state index is 0.00928. The Hall–Kier alpha value is -1.70. The van der Waals surface area contributed by atoms with Gasteiger partial charge in [0, 0.05) is 50.9 Å². The summed E-state index contributed by atoms with van der Waals surface area (Å²) in [5.41, 5.74) is 23.5. The molecular weight excluding hydrogens is 644 g/mol. The number of nitrogens with one attached hydrogen (secondary N) is 2. The lowest BCUT2D eigenvalue weighted by molar-refractivity contribution is -0.280. The van der Waals surface area contributed by atoms with Crippen LogP contribution < -0.4 is 33.6 Å². The summed E-state index contributed by atoms with van der Waals surface area (Å²) in [6, 6.07) is -3.71. The van der Waals surface area contributed by atoms with Crippen molar-refractivity contribution in [2.24, 2.45) is 22.9 Å². The maximum Gasteiger partial charge on any atom is 0.220 e. The van der Waals surface area contributed by atoms with Gasteiger partial charge in [0.05, 0.1) is 24.3 Å². The number of carbonyl (C=O) groups is 2. The van der Waals surface area contributed by atoms with E-state index in [2.05, 4.69) is 10.6 Å². The molecule has 0 radical (unpaired) electrons. The zero-order chi connectivity index (χ0) is 35.4. The van der Waals surface area contributed by atoms with Crippen molar-refractivity contribution < 1.29 is 69.4 Å². The number of nitrogens with two attached hydrogens (primary N) is 4. The molecule has 2 saturated heterocycles. The van der Waals surface area contributed by atoms with Crippen molar-refractivity contribution in [3.8, 4) is 0 Å². The van der Waals surface area contributed by atoms with E-state index >= 15 is 0 Å². The molecule has 2 amide bonds. The van der Waals surface area contributed by atoms with E-state index in [0.29, 0.717) is 0 Å². The van der Waals surface area contributed by atoms with E-state index in [0.717, 1.165) is 0 Å². The van der Waals surface area contributed by atoms with Crippen LogP contribution in [0.5, 0.6) is 0 Å². The number of ether oxygens (including phenoxy) is 4. The average molecular weight is 697 g/mol. The van der Waals surface area contributed by atoms with Crippen molar-refractivity contribution >= 4 is 11.8 Å². The van der Waals surface area contributed by atoms with Crippen LogP contribution in [-0.2, 0) is 28.5 Å². The van der Waals surface area contributed by atoms with Gasteiger partial charge in [0.15, 0.2) is 12.6 Å². The van der Waals surface area contributed by atoms with Crippen molar-refractivity contribution in [3.05, 3.63) is 0 Å². The Labute approximate surface area is 276 Å². The molecule has 2 heterocycles. The summed E-state index contributed by atoms with van der Waals surface area (Å²) in [6.07, 6.45) is -18.0. The molecule has 48 heavy (non-hydrogen) atoms. The second-order valence-electron chi connectivity index (χ2n) is 13.1. The summed E-state index contributed by atoms with van der Waals surface area (Å²) < 4.78 is 22.5. The number of carbonyl (C=O) groups excluding carboxylic acids is 2. The summed E-state index contributed by atoms with van der Waals surface area (Å²) >= 11 is 0. The lowest BCUT2D eigenvalue weighted by atomic mass is 9.83. The van der Waals surface area contributed by atoms with Gasteiger partial charge in [-0.15, -0.1) is 0 Å². The quantitative estimate of drug-likeness (QED) is 0.0953. The summed E-state index contributed by atoms with van der Waals surface area (Å²) in [5.74, 6) is -1.26. The normalized spacial score (nSPS) is 46.9. The van der Waals surface area contributed by atoms with Crippen LogP contribution in [0.3, 0.4) is 0 Å². The molecule has 0 aromatic carbocycles. The van der Waals surface area contributed by atoms with Gasteiger partial charge in [-0.3, -0.25) is 9.59 Å². The van der Waals surface area contributed by atoms with E-state index in [1.807, 2.05) is 0 Å². The molecule has 0 bridgehead atoms. The zero-order valence-corrected chi connectivity index (χ0v) is 26.4. The highest BCUT2D eigenvalue weighted by Crippen LogP contribution is 2.29. The number of rotatable bonds is 11. The molecule has 2 aliphatic carbocycles. The second-order valence-corrected chi connectivity index (χ2v) is 13.1. The predicted molar refractivity (Wildman–Crippen MR) is 161 cm³/mol. The van der Waals surface area contributed by atoms with E-state index in [-0.39, 0.29) is 51.6 Å². The van der Waals surface area contributed by atoms with Crippen LogP contribution in [0.25, 0.3) is 0 Å². The van der Waals surface area contributed by atoms with E-state index in [1.165, 1.54) is 0 Å². The van der Waals surface area contributed by atoms with E-state index in [9.17, 15) is 50.4 Å². The third-order valence-corrected chi connectivity index (χ3v) is 9.52. The Kier molecular flexibility index (Phi) is 13.9. The Morgan fingerprint density at radius 1 is 0.583 bits per heavy atom. The van der Waals surface area contributed by atoms with Crippen molar-refractivity contribution in [3.63, 3.8) is 0 Å². The van der Waals surface area contributed by atoms with Crippen molar-refractivity contribution in [2.45, 2.75) is 149 Å². The third-order valence-electron chi connectivity index (χ3n) is 9.52. The van der Waals surface area contributed by atoms with Crippen LogP contribution in [0.4, 0.5) is 0 Å². The van der Waals surface area contributed by atoms with Crippen LogP contribution in [0.15, 0.2) is 0 Å². The Balaban J connectivity index is 1.21. The second kappa shape index (κ2) is 17.0. The molecule has 4 aliphatic rings. The largest absolute Gasteiger partial charge is 0.390 e. The first kappa shape index (κ1) is 39.1. The van der Waals surface area contributed by atoms with Crippen LogP contribution in [-0.4, -0.2) is 176 Å². The Morgan fingerprint density at radius 3 is 1.27 bits per heavy atom. The minimum atomic E-state index is -1.55. The van der Waals surface area contributed by atoms with Gasteiger partial charge < -0.3 is 93.4 Å². The standard InChI is InChI=1S/C28H52N6O14/c29-7-15-23(41)13(35)5-19(45-15)47-27-9(31)3-11(21(39)25(27)43)33-17(37)1-2-18(38)34-12-4-10(32)28(26(44)22(12)40)48-20-6-14(36)24(42)16(8-30)46-20/h9-16,19-28,35-36,39-44H,1-8,29-32H2,(H,33,37)(H,34,38)/t9-,10-,11+,12+,13+,14+,15+,16+,19+,20+,21-,22-,23-,24-,25+,26+,27+,28+/m0/s1. The van der Waals surface area contributed by atoms with Crippen LogP contribution >= 0.6 is 0 Å². The Bertz CT molecular complexity index is 988. The lowest BCUT2D eigenvalue weighted by Crippen LogP contribution is -2.65. The number of amides is 2. The van der Waals surface area contributed by atoms with Gasteiger partial charge in [0.2, 0.25) is 11.8 Å². The molecule has 2 saturated carbocycles.